The van der Waals surface area contributed by atoms with Crippen molar-refractivity contribution < 1.29 is 85.0 Å². The van der Waals surface area contributed by atoms with Crippen molar-refractivity contribution in [3.8, 4) is 0 Å². The Kier molecular flexibility index (Phi) is 11.9. The highest BCUT2D eigenvalue weighted by Crippen LogP contribution is 2.73. The van der Waals surface area contributed by atoms with Gasteiger partial charge in [-0.15, -0.1) is 0 Å². The molecule has 0 spiro atoms. The fourth-order valence-electron chi connectivity index (χ4n) is 12.4. The van der Waals surface area contributed by atoms with Crippen molar-refractivity contribution in [2.75, 3.05) is 13.2 Å². The van der Waals surface area contributed by atoms with Gasteiger partial charge in [-0.1, -0.05) is 20.8 Å². The molecule has 7 fully saturated rings. The third-order valence-corrected chi connectivity index (χ3v) is 16.6. The second-order valence-electron chi connectivity index (χ2n) is 20.0. The topological polar surface area (TPSA) is 292 Å². The van der Waals surface area contributed by atoms with E-state index in [1.54, 1.807) is 6.92 Å². The molecule has 24 atom stereocenters. The number of ether oxygens (including phenoxy) is 5. The standard InChI is InChI=1S/C40H68O17/c1-16(21(42)13-38(5,51)36(2,3)50)18-7-8-19-25-20(9-10-37(18,19)4)39(6)24(43)11-17(12-40(39,52)33-32(25)57-33)54-35-31(49)29(47)27(45)23(56-35)15-53-34-30(48)28(46)26(44)22(14-41)55-34/h16-35,41-52H,7-15H2,1-6H3/t16-,17-,18+,19+,20-,21+,22-,23-,24-,25-,26-,27-,28+,29+,30-,31-,32-,33-,34-,35-,37+,38-,39-,40-/m0/s1. The minimum Gasteiger partial charge on any atom is -0.394 e. The van der Waals surface area contributed by atoms with Crippen LogP contribution in [0.1, 0.15) is 86.5 Å². The smallest absolute Gasteiger partial charge is 0.186 e. The molecule has 12 N–H and O–H groups in total. The van der Waals surface area contributed by atoms with Gasteiger partial charge in [-0.05, 0) is 81.5 Å². The normalized spacial score (nSPS) is 54.4. The first-order valence-electron chi connectivity index (χ1n) is 20.9. The van der Waals surface area contributed by atoms with Gasteiger partial charge in [-0.2, -0.15) is 0 Å². The maximum absolute atomic E-state index is 12.7. The molecule has 0 aromatic carbocycles. The maximum atomic E-state index is 12.7. The van der Waals surface area contributed by atoms with Crippen molar-refractivity contribution in [3.63, 3.8) is 0 Å². The molecule has 0 unspecified atom stereocenters. The summed E-state index contributed by atoms with van der Waals surface area (Å²) in [4.78, 5) is 0. The summed E-state index contributed by atoms with van der Waals surface area (Å²) in [5.41, 5.74) is -5.52. The Hall–Kier alpha value is -0.680. The number of hydrogen-bond donors (Lipinski definition) is 12. The minimum atomic E-state index is -1.76. The van der Waals surface area contributed by atoms with Crippen LogP contribution in [0.15, 0.2) is 0 Å². The fourth-order valence-corrected chi connectivity index (χ4v) is 12.4. The van der Waals surface area contributed by atoms with Crippen molar-refractivity contribution in [1.82, 2.24) is 0 Å². The Morgan fingerprint density at radius 2 is 1.40 bits per heavy atom. The quantitative estimate of drug-likeness (QED) is 0.0767. The average Bonchev–Trinajstić information content (AvgIpc) is 3.87. The number of fused-ring (bicyclic) bond motifs is 8. The summed E-state index contributed by atoms with van der Waals surface area (Å²) in [5, 5.41) is 130. The first-order valence-corrected chi connectivity index (χ1v) is 20.9. The van der Waals surface area contributed by atoms with Gasteiger partial charge in [0.1, 0.15) is 60.5 Å². The SMILES string of the molecule is C[C@H]([C@H](O)C[C@](C)(O)C(C)(C)O)[C@H]1CC[C@@H]2[C@@H]3[C@@H]4O[C@@H]4[C@@]4(O)C[C@@H](O[C@H]5O[C@@H](CO[C@H]6O[C@@H](CO)[C@H](O)[C@@H](O)[C@@H]6O)[C@H](O)[C@@H](O)[C@@H]5O)C[C@H](O)[C@]4(C)[C@H]3CC[C@]12C. The van der Waals surface area contributed by atoms with Gasteiger partial charge in [0.05, 0.1) is 48.8 Å². The third-order valence-electron chi connectivity index (χ3n) is 16.6. The third kappa shape index (κ3) is 7.05. The zero-order valence-corrected chi connectivity index (χ0v) is 33.8. The molecule has 3 heterocycles. The van der Waals surface area contributed by atoms with E-state index in [0.717, 1.165) is 25.7 Å². The minimum absolute atomic E-state index is 0.0361. The van der Waals surface area contributed by atoms with Gasteiger partial charge < -0.3 is 85.0 Å². The first-order chi connectivity index (χ1) is 26.4. The van der Waals surface area contributed by atoms with Crippen LogP contribution < -0.4 is 0 Å². The van der Waals surface area contributed by atoms with Crippen molar-refractivity contribution in [3.05, 3.63) is 0 Å². The Morgan fingerprint density at radius 3 is 2.04 bits per heavy atom. The number of epoxide rings is 1. The lowest BCUT2D eigenvalue weighted by atomic mass is 9.42. The highest BCUT2D eigenvalue weighted by atomic mass is 16.7. The van der Waals surface area contributed by atoms with Crippen LogP contribution in [0.2, 0.25) is 0 Å². The number of hydrogen-bond acceptors (Lipinski definition) is 17. The van der Waals surface area contributed by atoms with E-state index in [2.05, 4.69) is 6.92 Å². The Bertz CT molecular complexity index is 1430. The summed E-state index contributed by atoms with van der Waals surface area (Å²) >= 11 is 0. The summed E-state index contributed by atoms with van der Waals surface area (Å²) < 4.78 is 29.4. The largest absolute Gasteiger partial charge is 0.394 e. The van der Waals surface area contributed by atoms with E-state index in [4.69, 9.17) is 23.7 Å². The first kappa shape index (κ1) is 44.4. The molecular formula is C40H68O17. The van der Waals surface area contributed by atoms with Crippen LogP contribution in [0.4, 0.5) is 0 Å². The zero-order chi connectivity index (χ0) is 41.9. The number of aliphatic hydroxyl groups is 12. The summed E-state index contributed by atoms with van der Waals surface area (Å²) in [6, 6.07) is 0. The maximum Gasteiger partial charge on any atom is 0.186 e. The number of aliphatic hydroxyl groups excluding tert-OH is 9. The van der Waals surface area contributed by atoms with Gasteiger partial charge in [0.15, 0.2) is 12.6 Å². The van der Waals surface area contributed by atoms with E-state index in [0.29, 0.717) is 0 Å². The molecule has 0 bridgehead atoms. The average molecular weight is 821 g/mol. The lowest BCUT2D eigenvalue weighted by Gasteiger charge is -2.64. The van der Waals surface area contributed by atoms with Crippen LogP contribution in [-0.4, -0.2) is 183 Å². The molecule has 7 rings (SSSR count). The van der Waals surface area contributed by atoms with Crippen molar-refractivity contribution in [1.29, 1.82) is 0 Å². The van der Waals surface area contributed by atoms with Crippen LogP contribution in [0, 0.1) is 40.4 Å². The fraction of sp³-hybridized carbons (Fsp3) is 1.00. The Labute approximate surface area is 333 Å². The van der Waals surface area contributed by atoms with Gasteiger partial charge in [0, 0.05) is 24.7 Å². The van der Waals surface area contributed by atoms with Gasteiger partial charge in [0.25, 0.3) is 0 Å². The predicted molar refractivity (Wildman–Crippen MR) is 195 cm³/mol. The van der Waals surface area contributed by atoms with Gasteiger partial charge in [0.2, 0.25) is 0 Å². The molecule has 0 radical (unpaired) electrons. The summed E-state index contributed by atoms with van der Waals surface area (Å²) in [7, 11) is 0. The second-order valence-corrected chi connectivity index (χ2v) is 20.0. The molecule has 0 aromatic rings. The summed E-state index contributed by atoms with van der Waals surface area (Å²) in [5.74, 6) is 0.186. The van der Waals surface area contributed by atoms with Crippen molar-refractivity contribution >= 4 is 0 Å². The van der Waals surface area contributed by atoms with Gasteiger partial charge in [-0.3, -0.25) is 0 Å². The second kappa shape index (κ2) is 15.3. The van der Waals surface area contributed by atoms with Crippen molar-refractivity contribution in [2.45, 2.75) is 195 Å². The molecule has 330 valence electrons. The van der Waals surface area contributed by atoms with E-state index < -0.39 is 121 Å². The molecule has 3 aliphatic heterocycles. The molecule has 17 nitrogen and oxygen atoms in total. The Morgan fingerprint density at radius 1 is 0.789 bits per heavy atom. The number of rotatable bonds is 11. The van der Waals surface area contributed by atoms with Crippen LogP contribution in [-0.2, 0) is 23.7 Å². The van der Waals surface area contributed by atoms with E-state index in [1.165, 1.54) is 13.8 Å². The summed E-state index contributed by atoms with van der Waals surface area (Å²) in [6.45, 7) is 9.67. The lowest BCUT2D eigenvalue weighted by molar-refractivity contribution is -0.344. The molecular weight excluding hydrogens is 752 g/mol. The van der Waals surface area contributed by atoms with Crippen LogP contribution >= 0.6 is 0 Å². The molecule has 7 aliphatic rings. The van der Waals surface area contributed by atoms with Gasteiger partial charge >= 0.3 is 0 Å². The van der Waals surface area contributed by atoms with E-state index >= 15 is 0 Å². The molecule has 0 amide bonds. The van der Waals surface area contributed by atoms with Crippen LogP contribution in [0.5, 0.6) is 0 Å². The monoisotopic (exact) mass is 820 g/mol. The molecule has 4 saturated carbocycles. The van der Waals surface area contributed by atoms with Crippen molar-refractivity contribution in [2.24, 2.45) is 40.4 Å². The highest BCUT2D eigenvalue weighted by Gasteiger charge is 2.78. The molecule has 4 aliphatic carbocycles. The molecule has 0 aromatic heterocycles. The highest BCUT2D eigenvalue weighted by molar-refractivity contribution is 5.26. The van der Waals surface area contributed by atoms with Crippen LogP contribution in [0.3, 0.4) is 0 Å². The van der Waals surface area contributed by atoms with E-state index in [1.807, 2.05) is 13.8 Å². The van der Waals surface area contributed by atoms with E-state index in [-0.39, 0.29) is 60.4 Å². The Balaban J connectivity index is 1.02. The molecule has 17 heteroatoms. The lowest BCUT2D eigenvalue weighted by Crippen LogP contribution is -2.71. The van der Waals surface area contributed by atoms with E-state index in [9.17, 15) is 61.3 Å². The molecule has 3 saturated heterocycles. The predicted octanol–water partition coefficient (Wildman–Crippen LogP) is -2.36. The molecule has 57 heavy (non-hydrogen) atoms. The van der Waals surface area contributed by atoms with Gasteiger partial charge in [-0.25, -0.2) is 0 Å². The van der Waals surface area contributed by atoms with Crippen LogP contribution in [0.25, 0.3) is 0 Å². The zero-order valence-electron chi connectivity index (χ0n) is 33.8. The summed E-state index contributed by atoms with van der Waals surface area (Å²) in [6.07, 6.45) is -15.9.